The Bertz CT molecular complexity index is 318. The van der Waals surface area contributed by atoms with Gasteiger partial charge in [0.2, 0.25) is 0 Å². The molecule has 1 nitrogen and oxygen atoms in total. The van der Waals surface area contributed by atoms with Crippen LogP contribution in [0.5, 0.6) is 0 Å². The summed E-state index contributed by atoms with van der Waals surface area (Å²) in [6.07, 6.45) is 9.21. The minimum absolute atomic E-state index is 0.319. The first-order valence-corrected chi connectivity index (χ1v) is 8.42. The zero-order chi connectivity index (χ0) is 15.1. The molecule has 0 N–H and O–H groups in total. The molecule has 0 amide bonds. The lowest BCUT2D eigenvalue weighted by Crippen LogP contribution is -2.13. The van der Waals surface area contributed by atoms with E-state index in [0.29, 0.717) is 18.1 Å². The molecule has 20 heavy (non-hydrogen) atoms. The van der Waals surface area contributed by atoms with Crippen molar-refractivity contribution in [1.82, 2.24) is 0 Å². The van der Waals surface area contributed by atoms with Crippen LogP contribution in [0.25, 0.3) is 0 Å². The van der Waals surface area contributed by atoms with Crippen LogP contribution in [0.3, 0.4) is 0 Å². The lowest BCUT2D eigenvalue weighted by Gasteiger charge is -2.20. The van der Waals surface area contributed by atoms with E-state index in [1.54, 1.807) is 0 Å². The first-order chi connectivity index (χ1) is 9.43. The Morgan fingerprint density at radius 1 is 1.35 bits per heavy atom. The van der Waals surface area contributed by atoms with Crippen molar-refractivity contribution in [3.05, 3.63) is 24.3 Å². The van der Waals surface area contributed by atoms with E-state index < -0.39 is 0 Å². The van der Waals surface area contributed by atoms with Gasteiger partial charge in [0.05, 0.1) is 12.2 Å². The van der Waals surface area contributed by atoms with Crippen molar-refractivity contribution in [1.29, 1.82) is 0 Å². The van der Waals surface area contributed by atoms with Crippen LogP contribution in [-0.4, -0.2) is 12.2 Å². The van der Waals surface area contributed by atoms with Crippen molar-refractivity contribution >= 4 is 0 Å². The predicted octanol–water partition coefficient (Wildman–Crippen LogP) is 5.91. The minimum Gasteiger partial charge on any atom is -0.370 e. The number of rotatable bonds is 9. The summed E-state index contributed by atoms with van der Waals surface area (Å²) in [6.45, 7) is 17.3. The largest absolute Gasteiger partial charge is 0.370 e. The first kappa shape index (κ1) is 17.5. The van der Waals surface area contributed by atoms with Crippen molar-refractivity contribution in [2.45, 2.75) is 84.8 Å². The van der Waals surface area contributed by atoms with Gasteiger partial charge >= 0.3 is 0 Å². The minimum atomic E-state index is 0.319. The van der Waals surface area contributed by atoms with Crippen molar-refractivity contribution in [3.63, 3.8) is 0 Å². The molecule has 1 heterocycles. The fourth-order valence-electron chi connectivity index (χ4n) is 3.03. The maximum atomic E-state index is 6.16. The average Bonchev–Trinajstić information content (AvgIpc) is 2.74. The summed E-state index contributed by atoms with van der Waals surface area (Å²) in [4.78, 5) is 0. The Hall–Kier alpha value is -0.560. The van der Waals surface area contributed by atoms with Gasteiger partial charge in [-0.15, -0.1) is 0 Å². The molecule has 1 rings (SSSR count). The third kappa shape index (κ3) is 5.83. The maximum absolute atomic E-state index is 6.16. The van der Waals surface area contributed by atoms with Gasteiger partial charge in [-0.2, -0.15) is 0 Å². The summed E-state index contributed by atoms with van der Waals surface area (Å²) >= 11 is 0. The highest BCUT2D eigenvalue weighted by molar-refractivity contribution is 5.09. The molecule has 4 unspecified atom stereocenters. The lowest BCUT2D eigenvalue weighted by molar-refractivity contribution is 0.0389. The second-order valence-electron chi connectivity index (χ2n) is 6.92. The first-order valence-electron chi connectivity index (χ1n) is 8.42. The van der Waals surface area contributed by atoms with Crippen LogP contribution in [0.2, 0.25) is 0 Å². The molecule has 0 saturated carbocycles. The van der Waals surface area contributed by atoms with E-state index >= 15 is 0 Å². The lowest BCUT2D eigenvalue weighted by atomic mass is 9.88. The van der Waals surface area contributed by atoms with Gasteiger partial charge in [-0.25, -0.2) is 0 Å². The van der Waals surface area contributed by atoms with Gasteiger partial charge in [-0.05, 0) is 56.4 Å². The van der Waals surface area contributed by atoms with Gasteiger partial charge in [0.15, 0.2) is 0 Å². The third-order valence-electron chi connectivity index (χ3n) is 4.70. The zero-order valence-corrected chi connectivity index (χ0v) is 14.1. The van der Waals surface area contributed by atoms with Gasteiger partial charge in [0, 0.05) is 0 Å². The quantitative estimate of drug-likeness (QED) is 0.476. The fraction of sp³-hybridized carbons (Fsp3) is 0.789. The van der Waals surface area contributed by atoms with E-state index in [9.17, 15) is 0 Å². The number of unbranched alkanes of at least 4 members (excludes halogenated alkanes) is 1. The van der Waals surface area contributed by atoms with Crippen LogP contribution in [0.1, 0.15) is 72.6 Å². The van der Waals surface area contributed by atoms with E-state index in [1.807, 2.05) is 0 Å². The van der Waals surface area contributed by atoms with Gasteiger partial charge < -0.3 is 4.74 Å². The molecule has 0 spiro atoms. The Labute approximate surface area is 126 Å². The van der Waals surface area contributed by atoms with Gasteiger partial charge in [-0.3, -0.25) is 0 Å². The molecule has 116 valence electrons. The van der Waals surface area contributed by atoms with Crippen LogP contribution in [0.15, 0.2) is 24.3 Å². The zero-order valence-electron chi connectivity index (χ0n) is 14.1. The summed E-state index contributed by atoms with van der Waals surface area (Å²) in [6, 6.07) is 0. The molecule has 0 aromatic carbocycles. The standard InChI is InChI=1S/C19H34O/c1-7-8-9-18-13-17(6)19(20-18)11-10-15(4)12-16(5)14(2)3/h15-16,18-19H,2,6-13H2,1,3-5H3. The number of ether oxygens (including phenoxy) is 1. The average molecular weight is 278 g/mol. The molecule has 0 aromatic heterocycles. The monoisotopic (exact) mass is 278 g/mol. The SMILES string of the molecule is C=C(C)C(C)CC(C)CCC1OC(CCCC)CC1=C. The van der Waals surface area contributed by atoms with E-state index in [1.165, 1.54) is 43.3 Å². The second kappa shape index (κ2) is 8.67. The van der Waals surface area contributed by atoms with Crippen LogP contribution >= 0.6 is 0 Å². The molecule has 0 radical (unpaired) electrons. The summed E-state index contributed by atoms with van der Waals surface area (Å²) < 4.78 is 6.16. The molecule has 1 fully saturated rings. The molecule has 1 heteroatoms. The van der Waals surface area contributed by atoms with E-state index in [0.717, 1.165) is 18.8 Å². The molecule has 1 aliphatic heterocycles. The highest BCUT2D eigenvalue weighted by Gasteiger charge is 2.28. The topological polar surface area (TPSA) is 9.23 Å². The molecular formula is C19H34O. The fourth-order valence-corrected chi connectivity index (χ4v) is 3.03. The molecule has 1 saturated heterocycles. The predicted molar refractivity (Wildman–Crippen MR) is 88.9 cm³/mol. The van der Waals surface area contributed by atoms with Gasteiger partial charge in [-0.1, -0.05) is 52.3 Å². The van der Waals surface area contributed by atoms with Crippen LogP contribution in [-0.2, 0) is 4.74 Å². The number of allylic oxidation sites excluding steroid dienone is 1. The Morgan fingerprint density at radius 2 is 2.05 bits per heavy atom. The summed E-state index contributed by atoms with van der Waals surface area (Å²) in [5, 5.41) is 0. The van der Waals surface area contributed by atoms with E-state index in [4.69, 9.17) is 4.74 Å². The molecule has 0 aliphatic carbocycles. The Balaban J connectivity index is 2.27. The van der Waals surface area contributed by atoms with Crippen LogP contribution in [0, 0.1) is 11.8 Å². The highest BCUT2D eigenvalue weighted by Crippen LogP contribution is 2.32. The van der Waals surface area contributed by atoms with E-state index in [-0.39, 0.29) is 0 Å². The van der Waals surface area contributed by atoms with Crippen LogP contribution in [0.4, 0.5) is 0 Å². The molecule has 0 aromatic rings. The van der Waals surface area contributed by atoms with Crippen molar-refractivity contribution < 1.29 is 4.74 Å². The molecule has 1 aliphatic rings. The maximum Gasteiger partial charge on any atom is 0.0787 e. The van der Waals surface area contributed by atoms with Gasteiger partial charge in [0.1, 0.15) is 0 Å². The van der Waals surface area contributed by atoms with Crippen molar-refractivity contribution in [2.75, 3.05) is 0 Å². The number of hydrogen-bond donors (Lipinski definition) is 0. The number of hydrogen-bond acceptors (Lipinski definition) is 1. The molecule has 0 bridgehead atoms. The smallest absolute Gasteiger partial charge is 0.0787 e. The summed E-state index contributed by atoms with van der Waals surface area (Å²) in [5.74, 6) is 1.38. The highest BCUT2D eigenvalue weighted by atomic mass is 16.5. The Morgan fingerprint density at radius 3 is 2.65 bits per heavy atom. The normalized spacial score (nSPS) is 25.7. The second-order valence-corrected chi connectivity index (χ2v) is 6.92. The third-order valence-corrected chi connectivity index (χ3v) is 4.70. The van der Waals surface area contributed by atoms with E-state index in [2.05, 4.69) is 40.9 Å². The van der Waals surface area contributed by atoms with Crippen molar-refractivity contribution in [3.8, 4) is 0 Å². The summed E-state index contributed by atoms with van der Waals surface area (Å²) in [7, 11) is 0. The molecular weight excluding hydrogens is 244 g/mol. The van der Waals surface area contributed by atoms with Crippen LogP contribution < -0.4 is 0 Å². The Kier molecular flexibility index (Phi) is 7.58. The van der Waals surface area contributed by atoms with Crippen molar-refractivity contribution in [2.24, 2.45) is 11.8 Å². The van der Waals surface area contributed by atoms with Gasteiger partial charge in [0.25, 0.3) is 0 Å². The summed E-state index contributed by atoms with van der Waals surface area (Å²) in [5.41, 5.74) is 2.63. The molecule has 4 atom stereocenters.